The Balaban J connectivity index is 2.53. The minimum Gasteiger partial charge on any atom is -0.462 e. The van der Waals surface area contributed by atoms with Crippen molar-refractivity contribution >= 4 is 44.9 Å². The van der Waals surface area contributed by atoms with Gasteiger partial charge in [0.15, 0.2) is 0 Å². The Kier molecular flexibility index (Phi) is 6.32. The van der Waals surface area contributed by atoms with Crippen LogP contribution in [0, 0.1) is 0 Å². The number of benzene rings is 2. The van der Waals surface area contributed by atoms with E-state index in [0.717, 1.165) is 4.31 Å². The number of carbonyl (C=O) groups is 1. The van der Waals surface area contributed by atoms with Crippen LogP contribution in [0.1, 0.15) is 13.8 Å². The third-order valence-corrected chi connectivity index (χ3v) is 5.75. The number of hydrogen-bond donors (Lipinski definition) is 0. The van der Waals surface area contributed by atoms with Crippen molar-refractivity contribution in [2.45, 2.75) is 24.8 Å². The lowest BCUT2D eigenvalue weighted by atomic mass is 10.3. The molecule has 0 saturated carbocycles. The second kappa shape index (κ2) is 8.08. The number of rotatable bonds is 6. The Bertz CT molecular complexity index is 854. The zero-order valence-electron chi connectivity index (χ0n) is 13.6. The van der Waals surface area contributed by atoms with Crippen molar-refractivity contribution < 1.29 is 17.9 Å². The molecule has 0 atom stereocenters. The van der Waals surface area contributed by atoms with Crippen molar-refractivity contribution in [3.05, 3.63) is 58.6 Å². The smallest absolute Gasteiger partial charge is 0.327 e. The first-order valence-corrected chi connectivity index (χ1v) is 9.64. The van der Waals surface area contributed by atoms with E-state index in [2.05, 4.69) is 0 Å². The van der Waals surface area contributed by atoms with Crippen LogP contribution in [0.25, 0.3) is 0 Å². The Morgan fingerprint density at radius 1 is 1.08 bits per heavy atom. The van der Waals surface area contributed by atoms with Crippen LogP contribution in [-0.4, -0.2) is 27.0 Å². The third kappa shape index (κ3) is 4.66. The molecule has 2 aromatic rings. The van der Waals surface area contributed by atoms with Gasteiger partial charge >= 0.3 is 5.97 Å². The summed E-state index contributed by atoms with van der Waals surface area (Å²) in [7, 11) is -4.03. The fourth-order valence-electron chi connectivity index (χ4n) is 2.12. The van der Waals surface area contributed by atoms with E-state index in [9.17, 15) is 13.2 Å². The number of esters is 1. The molecule has 0 N–H and O–H groups in total. The zero-order chi connectivity index (χ0) is 18.6. The van der Waals surface area contributed by atoms with Crippen LogP contribution in [0.4, 0.5) is 5.69 Å². The molecule has 5 nitrogen and oxygen atoms in total. The number of ether oxygens (including phenoxy) is 1. The molecule has 134 valence electrons. The molecule has 0 bridgehead atoms. The molecule has 8 heteroatoms. The Labute approximate surface area is 157 Å². The van der Waals surface area contributed by atoms with Gasteiger partial charge < -0.3 is 4.74 Å². The van der Waals surface area contributed by atoms with Crippen LogP contribution >= 0.6 is 23.2 Å². The second-order valence-electron chi connectivity index (χ2n) is 5.44. The maximum absolute atomic E-state index is 13.0. The molecule has 0 saturated heterocycles. The van der Waals surface area contributed by atoms with E-state index in [4.69, 9.17) is 27.9 Å². The van der Waals surface area contributed by atoms with Gasteiger partial charge in [-0.25, -0.2) is 8.42 Å². The van der Waals surface area contributed by atoms with Crippen molar-refractivity contribution in [2.24, 2.45) is 0 Å². The minimum absolute atomic E-state index is 0.0309. The molecule has 2 rings (SSSR count). The van der Waals surface area contributed by atoms with E-state index in [1.807, 2.05) is 0 Å². The molecule has 0 fully saturated rings. The summed E-state index contributed by atoms with van der Waals surface area (Å²) in [6, 6.07) is 12.3. The Morgan fingerprint density at radius 3 is 2.32 bits per heavy atom. The van der Waals surface area contributed by atoms with Crippen LogP contribution in [0.15, 0.2) is 53.4 Å². The van der Waals surface area contributed by atoms with Gasteiger partial charge in [0.25, 0.3) is 10.0 Å². The predicted molar refractivity (Wildman–Crippen MR) is 98.7 cm³/mol. The summed E-state index contributed by atoms with van der Waals surface area (Å²) in [4.78, 5) is 12.1. The first-order valence-electron chi connectivity index (χ1n) is 7.44. The van der Waals surface area contributed by atoms with E-state index in [0.29, 0.717) is 0 Å². The van der Waals surface area contributed by atoms with Crippen LogP contribution in [0.3, 0.4) is 0 Å². The maximum atomic E-state index is 13.0. The summed E-state index contributed by atoms with van der Waals surface area (Å²) in [5.74, 6) is -0.689. The van der Waals surface area contributed by atoms with E-state index in [1.165, 1.54) is 24.3 Å². The standard InChI is InChI=1S/C17H17Cl2NO4S/c1-12(2)24-16(21)11-20(15-10-6-9-14(18)17(15)19)25(22,23)13-7-4-3-5-8-13/h3-10,12H,11H2,1-2H3. The summed E-state index contributed by atoms with van der Waals surface area (Å²) in [5.41, 5.74) is 0.110. The second-order valence-corrected chi connectivity index (χ2v) is 8.08. The van der Waals surface area contributed by atoms with Crippen LogP contribution in [0.5, 0.6) is 0 Å². The molecule has 0 radical (unpaired) electrons. The van der Waals surface area contributed by atoms with Crippen LogP contribution in [0.2, 0.25) is 10.0 Å². The summed E-state index contributed by atoms with van der Waals surface area (Å²) in [5, 5.41) is 0.227. The molecule has 0 aliphatic rings. The molecule has 2 aromatic carbocycles. The highest BCUT2D eigenvalue weighted by Gasteiger charge is 2.29. The first-order chi connectivity index (χ1) is 11.7. The molecule has 0 unspecified atom stereocenters. The molecule has 25 heavy (non-hydrogen) atoms. The van der Waals surface area contributed by atoms with Gasteiger partial charge in [0.2, 0.25) is 0 Å². The van der Waals surface area contributed by atoms with Crippen molar-refractivity contribution in [1.82, 2.24) is 0 Å². The molecular weight excluding hydrogens is 385 g/mol. The lowest BCUT2D eigenvalue weighted by Gasteiger charge is -2.25. The Hall–Kier alpha value is -1.76. The number of carbonyl (C=O) groups excluding carboxylic acids is 1. The van der Waals surface area contributed by atoms with Gasteiger partial charge in [-0.1, -0.05) is 47.5 Å². The van der Waals surface area contributed by atoms with Crippen molar-refractivity contribution in [3.63, 3.8) is 0 Å². The molecule has 0 amide bonds. The minimum atomic E-state index is -4.03. The molecule has 0 spiro atoms. The van der Waals surface area contributed by atoms with Crippen molar-refractivity contribution in [3.8, 4) is 0 Å². The molecule has 0 heterocycles. The summed E-state index contributed by atoms with van der Waals surface area (Å²) in [6.45, 7) is 2.84. The predicted octanol–water partition coefficient (Wildman–Crippen LogP) is 4.14. The van der Waals surface area contributed by atoms with Crippen molar-refractivity contribution in [1.29, 1.82) is 0 Å². The molecule has 0 aromatic heterocycles. The number of hydrogen-bond acceptors (Lipinski definition) is 4. The lowest BCUT2D eigenvalue weighted by molar-refractivity contribution is -0.145. The summed E-state index contributed by atoms with van der Waals surface area (Å²) >= 11 is 12.2. The van der Waals surface area contributed by atoms with Gasteiger partial charge in [-0.2, -0.15) is 0 Å². The summed E-state index contributed by atoms with van der Waals surface area (Å²) in [6.07, 6.45) is -0.372. The molecular formula is C17H17Cl2NO4S. The fraction of sp³-hybridized carbons (Fsp3) is 0.235. The molecule has 0 aliphatic carbocycles. The van der Waals surface area contributed by atoms with Gasteiger partial charge in [0.1, 0.15) is 6.54 Å². The highest BCUT2D eigenvalue weighted by molar-refractivity contribution is 7.92. The fourth-order valence-corrected chi connectivity index (χ4v) is 4.01. The number of nitrogens with zero attached hydrogens (tertiary/aromatic N) is 1. The monoisotopic (exact) mass is 401 g/mol. The topological polar surface area (TPSA) is 63.7 Å². The number of sulfonamides is 1. The highest BCUT2D eigenvalue weighted by atomic mass is 35.5. The first kappa shape index (κ1) is 19.6. The Morgan fingerprint density at radius 2 is 1.72 bits per heavy atom. The van der Waals surface area contributed by atoms with Gasteiger partial charge in [0.05, 0.1) is 26.7 Å². The van der Waals surface area contributed by atoms with E-state index >= 15 is 0 Å². The summed E-state index contributed by atoms with van der Waals surface area (Å²) < 4.78 is 32.1. The SMILES string of the molecule is CC(C)OC(=O)CN(c1cccc(Cl)c1Cl)S(=O)(=O)c1ccccc1. The lowest BCUT2D eigenvalue weighted by Crippen LogP contribution is -2.37. The maximum Gasteiger partial charge on any atom is 0.327 e. The van der Waals surface area contributed by atoms with E-state index in [1.54, 1.807) is 38.1 Å². The molecule has 0 aliphatic heterocycles. The number of anilines is 1. The third-order valence-electron chi connectivity index (χ3n) is 3.17. The van der Waals surface area contributed by atoms with Crippen LogP contribution in [-0.2, 0) is 19.6 Å². The van der Waals surface area contributed by atoms with Gasteiger partial charge in [-0.3, -0.25) is 9.10 Å². The number of halogens is 2. The average molecular weight is 402 g/mol. The quantitative estimate of drug-likeness (QED) is 0.682. The van der Waals surface area contributed by atoms with Gasteiger partial charge in [0, 0.05) is 0 Å². The van der Waals surface area contributed by atoms with E-state index < -0.39 is 22.5 Å². The average Bonchev–Trinajstić information content (AvgIpc) is 2.55. The van der Waals surface area contributed by atoms with Crippen LogP contribution < -0.4 is 4.31 Å². The van der Waals surface area contributed by atoms with Gasteiger partial charge in [-0.05, 0) is 38.1 Å². The normalized spacial score (nSPS) is 11.4. The van der Waals surface area contributed by atoms with Crippen molar-refractivity contribution in [2.75, 3.05) is 10.8 Å². The van der Waals surface area contributed by atoms with E-state index in [-0.39, 0.29) is 26.7 Å². The van der Waals surface area contributed by atoms with Gasteiger partial charge in [-0.15, -0.1) is 0 Å². The zero-order valence-corrected chi connectivity index (χ0v) is 16.0. The largest absolute Gasteiger partial charge is 0.462 e. The highest BCUT2D eigenvalue weighted by Crippen LogP contribution is 2.35.